The lowest BCUT2D eigenvalue weighted by atomic mass is 11.1. The maximum atomic E-state index is 4.92. The molecule has 0 aliphatic rings. The summed E-state index contributed by atoms with van der Waals surface area (Å²) in [5, 5.41) is 2.71. The van der Waals surface area contributed by atoms with Crippen molar-refractivity contribution in [1.82, 2.24) is 5.32 Å². The predicted molar refractivity (Wildman–Crippen MR) is 50.5 cm³/mol. The second kappa shape index (κ2) is 31.0. The van der Waals surface area contributed by atoms with Crippen LogP contribution in [-0.2, 0) is 4.74 Å². The summed E-state index contributed by atoms with van der Waals surface area (Å²) in [7, 11) is 1.81. The van der Waals surface area contributed by atoms with Gasteiger partial charge in [-0.1, -0.05) is 0 Å². The minimum atomic E-state index is 0.219. The first kappa shape index (κ1) is 17.7. The Balaban J connectivity index is -0.000000105. The van der Waals surface area contributed by atoms with Crippen molar-refractivity contribution in [3.63, 3.8) is 0 Å². The summed E-state index contributed by atoms with van der Waals surface area (Å²) in [6.45, 7) is 1.26. The van der Waals surface area contributed by atoms with E-state index in [-0.39, 0.29) is 20.1 Å². The summed E-state index contributed by atoms with van der Waals surface area (Å²) >= 11 is 0. The molecule has 0 fully saturated rings. The Kier molecular flexibility index (Phi) is 45.7. The van der Waals surface area contributed by atoms with Gasteiger partial charge in [-0.3, -0.25) is 0 Å². The third-order valence-corrected chi connectivity index (χ3v) is 0.440. The second-order valence-electron chi connectivity index (χ2n) is 1.33. The molecule has 0 aliphatic carbocycles. The first-order valence-corrected chi connectivity index (χ1v) is 3.47. The molecular formula is C5H22N6O. The molecule has 0 aromatic rings. The van der Waals surface area contributed by atoms with Gasteiger partial charge >= 0.3 is 0 Å². The number of nitrogens with one attached hydrogen (secondary N) is 1. The first-order valence-electron chi connectivity index (χ1n) is 3.47. The lowest BCUT2D eigenvalue weighted by Gasteiger charge is -1.87. The summed E-state index contributed by atoms with van der Waals surface area (Å²) in [6.07, 6.45) is 0. The van der Waals surface area contributed by atoms with Gasteiger partial charge < -0.3 is 38.7 Å². The van der Waals surface area contributed by atoms with Crippen LogP contribution in [0.25, 0.3) is 0 Å². The molecule has 0 spiro atoms. The molecule has 0 unspecified atom stereocenters. The van der Waals surface area contributed by atoms with E-state index in [1.807, 2.05) is 0 Å². The molecule has 11 N–H and O–H groups in total. The van der Waals surface area contributed by atoms with Gasteiger partial charge in [-0.05, 0) is 7.05 Å². The molecule has 0 saturated heterocycles. The standard InChI is InChI=1S/C2H8N2O.C2H8N2.CH6N2/c3-1-5-2-4;1-4-2-3;2-1-3/h1-4H2;4H,2-3H2,1H3;1-3H2. The first-order chi connectivity index (χ1) is 5.74. The quantitative estimate of drug-likeness (QED) is 0.252. The van der Waals surface area contributed by atoms with Crippen molar-refractivity contribution in [3.8, 4) is 0 Å². The van der Waals surface area contributed by atoms with Gasteiger partial charge in [0, 0.05) is 13.3 Å². The molecular weight excluding hydrogens is 160 g/mol. The maximum absolute atomic E-state index is 4.92. The predicted octanol–water partition coefficient (Wildman–Crippen LogP) is -3.18. The third-order valence-electron chi connectivity index (χ3n) is 0.440. The van der Waals surface area contributed by atoms with Gasteiger partial charge in [-0.15, -0.1) is 0 Å². The normalized spacial score (nSPS) is 7.50. The highest BCUT2D eigenvalue weighted by Gasteiger charge is 1.63. The Bertz CT molecular complexity index is 42.9. The fraction of sp³-hybridized carbons (Fsp3) is 1.00. The van der Waals surface area contributed by atoms with Gasteiger partial charge in [0.1, 0.15) is 0 Å². The van der Waals surface area contributed by atoms with Crippen LogP contribution >= 0.6 is 0 Å². The van der Waals surface area contributed by atoms with Crippen LogP contribution in [0.1, 0.15) is 0 Å². The van der Waals surface area contributed by atoms with Crippen LogP contribution in [0.5, 0.6) is 0 Å². The molecule has 0 radical (unpaired) electrons. The van der Waals surface area contributed by atoms with E-state index >= 15 is 0 Å². The van der Waals surface area contributed by atoms with Crippen LogP contribution in [0.15, 0.2) is 0 Å². The number of rotatable bonds is 3. The topological polar surface area (TPSA) is 151 Å². The van der Waals surface area contributed by atoms with Crippen LogP contribution in [0.4, 0.5) is 0 Å². The van der Waals surface area contributed by atoms with Crippen LogP contribution in [0.3, 0.4) is 0 Å². The number of nitrogens with two attached hydrogens (primary N) is 5. The second-order valence-corrected chi connectivity index (χ2v) is 1.33. The lowest BCUT2D eigenvalue weighted by Crippen LogP contribution is -2.15. The molecule has 0 amide bonds. The maximum Gasteiger partial charge on any atom is 0.0958 e. The van der Waals surface area contributed by atoms with E-state index in [1.165, 1.54) is 0 Å². The Morgan fingerprint density at radius 2 is 1.25 bits per heavy atom. The van der Waals surface area contributed by atoms with Crippen molar-refractivity contribution < 1.29 is 4.74 Å². The van der Waals surface area contributed by atoms with Crippen molar-refractivity contribution >= 4 is 0 Å². The van der Waals surface area contributed by atoms with E-state index in [0.717, 1.165) is 0 Å². The highest BCUT2D eigenvalue weighted by molar-refractivity contribution is 4.12. The number of hydrogen-bond acceptors (Lipinski definition) is 7. The highest BCUT2D eigenvalue weighted by atomic mass is 16.5. The molecule has 0 aromatic heterocycles. The number of hydrogen-bond donors (Lipinski definition) is 6. The fourth-order valence-electron chi connectivity index (χ4n) is 0.0680. The SMILES string of the molecule is CNCN.NCN.NCOCN. The Morgan fingerprint density at radius 3 is 1.25 bits per heavy atom. The third kappa shape index (κ3) is 99.9. The van der Waals surface area contributed by atoms with Crippen LogP contribution in [0.2, 0.25) is 0 Å². The summed E-state index contributed by atoms with van der Waals surface area (Å²) in [5.41, 5.74) is 23.8. The van der Waals surface area contributed by atoms with Gasteiger partial charge in [-0.2, -0.15) is 0 Å². The average Bonchev–Trinajstić information content (AvgIpc) is 2.08. The van der Waals surface area contributed by atoms with E-state index in [2.05, 4.69) is 21.5 Å². The minimum Gasteiger partial charge on any atom is -0.352 e. The van der Waals surface area contributed by atoms with Gasteiger partial charge in [0.2, 0.25) is 0 Å². The summed E-state index contributed by atoms with van der Waals surface area (Å²) in [5.74, 6) is 0. The lowest BCUT2D eigenvalue weighted by molar-refractivity contribution is 0.148. The van der Waals surface area contributed by atoms with Crippen LogP contribution in [-0.4, -0.2) is 33.8 Å². The highest BCUT2D eigenvalue weighted by Crippen LogP contribution is 1.49. The Hall–Kier alpha value is -0.280. The van der Waals surface area contributed by atoms with E-state index < -0.39 is 0 Å². The van der Waals surface area contributed by atoms with E-state index in [4.69, 9.17) is 17.2 Å². The largest absolute Gasteiger partial charge is 0.352 e. The van der Waals surface area contributed by atoms with Gasteiger partial charge in [0.05, 0.1) is 13.5 Å². The molecule has 0 aromatic carbocycles. The van der Waals surface area contributed by atoms with E-state index in [1.54, 1.807) is 7.05 Å². The van der Waals surface area contributed by atoms with E-state index in [0.29, 0.717) is 6.67 Å². The molecule has 0 aliphatic heterocycles. The molecule has 78 valence electrons. The molecule has 7 heteroatoms. The van der Waals surface area contributed by atoms with Crippen molar-refractivity contribution in [2.75, 3.05) is 33.8 Å². The average molecular weight is 182 g/mol. The van der Waals surface area contributed by atoms with Crippen molar-refractivity contribution in [3.05, 3.63) is 0 Å². The molecule has 12 heavy (non-hydrogen) atoms. The molecule has 0 heterocycles. The number of ether oxygens (including phenoxy) is 1. The van der Waals surface area contributed by atoms with Crippen LogP contribution < -0.4 is 34.0 Å². The molecule has 0 saturated carbocycles. The Labute approximate surface area is 73.6 Å². The van der Waals surface area contributed by atoms with E-state index in [9.17, 15) is 0 Å². The van der Waals surface area contributed by atoms with Crippen molar-refractivity contribution in [2.45, 2.75) is 0 Å². The van der Waals surface area contributed by atoms with Crippen molar-refractivity contribution in [2.24, 2.45) is 28.7 Å². The summed E-state index contributed by atoms with van der Waals surface area (Å²) in [4.78, 5) is 0. The monoisotopic (exact) mass is 182 g/mol. The zero-order valence-corrected chi connectivity index (χ0v) is 7.62. The van der Waals surface area contributed by atoms with Crippen LogP contribution in [0, 0.1) is 0 Å². The Morgan fingerprint density at radius 1 is 1.00 bits per heavy atom. The summed E-state index contributed by atoms with van der Waals surface area (Å²) in [6, 6.07) is 0. The van der Waals surface area contributed by atoms with Gasteiger partial charge in [0.15, 0.2) is 0 Å². The molecule has 0 bridgehead atoms. The zero-order valence-electron chi connectivity index (χ0n) is 7.62. The van der Waals surface area contributed by atoms with Gasteiger partial charge in [-0.25, -0.2) is 0 Å². The molecule has 0 atom stereocenters. The van der Waals surface area contributed by atoms with Crippen molar-refractivity contribution in [1.29, 1.82) is 0 Å². The zero-order chi connectivity index (χ0) is 10.2. The smallest absolute Gasteiger partial charge is 0.0958 e. The molecule has 0 rings (SSSR count). The minimum absolute atomic E-state index is 0.219. The fourth-order valence-corrected chi connectivity index (χ4v) is 0.0680. The molecule has 7 nitrogen and oxygen atoms in total. The summed E-state index contributed by atoms with van der Waals surface area (Å²) < 4.78 is 4.39. The van der Waals surface area contributed by atoms with Gasteiger partial charge in [0.25, 0.3) is 0 Å².